The molecule has 1 aliphatic heterocycles. The number of aromatic nitrogens is 1. The zero-order valence-electron chi connectivity index (χ0n) is 19.1. The highest BCUT2D eigenvalue weighted by Crippen LogP contribution is 2.46. The molecule has 6 rings (SSSR count). The number of rotatable bonds is 7. The number of furan rings is 1. The Morgan fingerprint density at radius 1 is 1.17 bits per heavy atom. The normalized spacial score (nSPS) is 17.6. The van der Waals surface area contributed by atoms with Crippen molar-refractivity contribution in [3.8, 4) is 11.6 Å². The highest BCUT2D eigenvalue weighted by molar-refractivity contribution is 6.15. The largest absolute Gasteiger partial charge is 0.507 e. The number of nitrogens with zero attached hydrogens (tertiary/aromatic N) is 2. The van der Waals surface area contributed by atoms with Crippen LogP contribution < -0.4 is 4.74 Å². The lowest BCUT2D eigenvalue weighted by molar-refractivity contribution is 0.0238. The highest BCUT2D eigenvalue weighted by Gasteiger charge is 2.33. The predicted octanol–water partition coefficient (Wildman–Crippen LogP) is 4.60. The first kappa shape index (κ1) is 21.9. The SMILES string of the molecule is O=C(O)c1coc2c1c(C(c1ccnc(OCC3CC3)c1)N1CCOCC1)c(O)c1ccccc12. The lowest BCUT2D eigenvalue weighted by Crippen LogP contribution is -2.39. The van der Waals surface area contributed by atoms with E-state index in [0.29, 0.717) is 72.0 Å². The van der Waals surface area contributed by atoms with E-state index < -0.39 is 12.0 Å². The van der Waals surface area contributed by atoms with E-state index >= 15 is 0 Å². The molecule has 2 aliphatic rings. The quantitative estimate of drug-likeness (QED) is 0.401. The van der Waals surface area contributed by atoms with Crippen molar-refractivity contribution in [2.24, 2.45) is 5.92 Å². The average Bonchev–Trinajstić information content (AvgIpc) is 3.61. The van der Waals surface area contributed by atoms with Crippen LogP contribution in [-0.2, 0) is 4.74 Å². The van der Waals surface area contributed by atoms with E-state index in [1.807, 2.05) is 36.4 Å². The van der Waals surface area contributed by atoms with Gasteiger partial charge in [0.25, 0.3) is 0 Å². The topological polar surface area (TPSA) is 105 Å². The molecule has 1 saturated carbocycles. The van der Waals surface area contributed by atoms with Crippen LogP contribution in [-0.4, -0.2) is 59.0 Å². The molecule has 2 N–H and O–H groups in total. The third-order valence-electron chi connectivity index (χ3n) is 6.90. The minimum atomic E-state index is -1.11. The molecule has 2 aromatic carbocycles. The third-order valence-corrected chi connectivity index (χ3v) is 6.90. The molecule has 8 heteroatoms. The number of phenolic OH excluding ortho intramolecular Hbond substituents is 1. The van der Waals surface area contributed by atoms with Crippen molar-refractivity contribution in [3.63, 3.8) is 0 Å². The number of fused-ring (bicyclic) bond motifs is 3. The zero-order valence-corrected chi connectivity index (χ0v) is 19.1. The van der Waals surface area contributed by atoms with Gasteiger partial charge in [-0.05, 0) is 30.4 Å². The predicted molar refractivity (Wildman–Crippen MR) is 129 cm³/mol. The summed E-state index contributed by atoms with van der Waals surface area (Å²) in [4.78, 5) is 18.8. The Morgan fingerprint density at radius 2 is 1.94 bits per heavy atom. The standard InChI is InChI=1S/C27H26N2O6/c30-25-18-3-1-2-4-19(18)26-22(20(15-35-26)27(31)32)23(25)24(29-9-11-33-12-10-29)17-7-8-28-21(13-17)34-14-16-5-6-16/h1-4,7-8,13,15-16,24,30H,5-6,9-12,14H2,(H,31,32). The minimum absolute atomic E-state index is 0.0218. The number of pyridine rings is 1. The highest BCUT2D eigenvalue weighted by atomic mass is 16.5. The van der Waals surface area contributed by atoms with E-state index in [1.165, 1.54) is 19.1 Å². The van der Waals surface area contributed by atoms with Gasteiger partial charge in [0.15, 0.2) is 0 Å². The molecule has 35 heavy (non-hydrogen) atoms. The Kier molecular flexibility index (Phi) is 5.54. The van der Waals surface area contributed by atoms with Gasteiger partial charge in [0.1, 0.15) is 23.2 Å². The summed E-state index contributed by atoms with van der Waals surface area (Å²) in [6, 6.07) is 10.7. The van der Waals surface area contributed by atoms with Crippen LogP contribution in [0.4, 0.5) is 0 Å². The number of hydrogen-bond donors (Lipinski definition) is 2. The fraction of sp³-hybridized carbons (Fsp3) is 0.333. The Morgan fingerprint density at radius 3 is 2.69 bits per heavy atom. The summed E-state index contributed by atoms with van der Waals surface area (Å²) in [6.07, 6.45) is 5.32. The monoisotopic (exact) mass is 474 g/mol. The molecular formula is C27H26N2O6. The molecule has 0 bridgehead atoms. The minimum Gasteiger partial charge on any atom is -0.507 e. The van der Waals surface area contributed by atoms with E-state index in [9.17, 15) is 15.0 Å². The molecular weight excluding hydrogens is 448 g/mol. The average molecular weight is 475 g/mol. The van der Waals surface area contributed by atoms with Gasteiger partial charge in [-0.15, -0.1) is 0 Å². The molecule has 3 heterocycles. The Labute approximate surface area is 201 Å². The molecule has 2 fully saturated rings. The molecule has 2 aromatic heterocycles. The maximum Gasteiger partial charge on any atom is 0.339 e. The second-order valence-electron chi connectivity index (χ2n) is 9.20. The lowest BCUT2D eigenvalue weighted by Gasteiger charge is -2.36. The van der Waals surface area contributed by atoms with Crippen LogP contribution in [0.3, 0.4) is 0 Å². The van der Waals surface area contributed by atoms with Crippen molar-refractivity contribution in [1.29, 1.82) is 0 Å². The van der Waals surface area contributed by atoms with Crippen LogP contribution in [0.5, 0.6) is 11.6 Å². The van der Waals surface area contributed by atoms with E-state index in [0.717, 1.165) is 5.56 Å². The fourth-order valence-electron chi connectivity index (χ4n) is 4.96. The number of carboxylic acid groups (broad SMARTS) is 1. The van der Waals surface area contributed by atoms with E-state index in [1.54, 1.807) is 6.20 Å². The molecule has 1 aliphatic carbocycles. The van der Waals surface area contributed by atoms with Crippen molar-refractivity contribution < 1.29 is 28.9 Å². The molecule has 8 nitrogen and oxygen atoms in total. The summed E-state index contributed by atoms with van der Waals surface area (Å²) in [5.41, 5.74) is 1.83. The summed E-state index contributed by atoms with van der Waals surface area (Å²) < 4.78 is 17.4. The maximum absolute atomic E-state index is 12.2. The Balaban J connectivity index is 1.59. The van der Waals surface area contributed by atoms with Crippen LogP contribution in [0.1, 0.15) is 40.4 Å². The van der Waals surface area contributed by atoms with Crippen LogP contribution >= 0.6 is 0 Å². The van der Waals surface area contributed by atoms with Crippen LogP contribution in [0.25, 0.3) is 21.7 Å². The summed E-state index contributed by atoms with van der Waals surface area (Å²) >= 11 is 0. The molecule has 0 amide bonds. The third kappa shape index (κ3) is 3.98. The van der Waals surface area contributed by atoms with Gasteiger partial charge in [-0.1, -0.05) is 24.3 Å². The number of morpholine rings is 1. The molecule has 0 spiro atoms. The number of hydrogen-bond acceptors (Lipinski definition) is 7. The maximum atomic E-state index is 12.2. The summed E-state index contributed by atoms with van der Waals surface area (Å²) in [7, 11) is 0. The van der Waals surface area contributed by atoms with Crippen molar-refractivity contribution >= 4 is 27.7 Å². The fourth-order valence-corrected chi connectivity index (χ4v) is 4.96. The van der Waals surface area contributed by atoms with Gasteiger partial charge in [-0.3, -0.25) is 4.90 Å². The zero-order chi connectivity index (χ0) is 23.9. The summed E-state index contributed by atoms with van der Waals surface area (Å²) in [6.45, 7) is 2.97. The smallest absolute Gasteiger partial charge is 0.339 e. The Bertz CT molecular complexity index is 1400. The van der Waals surface area contributed by atoms with Gasteiger partial charge in [0, 0.05) is 47.1 Å². The number of carbonyl (C=O) groups is 1. The van der Waals surface area contributed by atoms with Crippen LogP contribution in [0, 0.1) is 5.92 Å². The number of phenols is 1. The second-order valence-corrected chi connectivity index (χ2v) is 9.20. The van der Waals surface area contributed by atoms with Gasteiger partial charge in [0.05, 0.1) is 25.9 Å². The van der Waals surface area contributed by atoms with Crippen LogP contribution in [0.15, 0.2) is 53.3 Å². The van der Waals surface area contributed by atoms with Gasteiger partial charge >= 0.3 is 5.97 Å². The van der Waals surface area contributed by atoms with Gasteiger partial charge < -0.3 is 24.1 Å². The van der Waals surface area contributed by atoms with Crippen molar-refractivity contribution in [2.45, 2.75) is 18.9 Å². The van der Waals surface area contributed by atoms with Gasteiger partial charge in [-0.2, -0.15) is 0 Å². The van der Waals surface area contributed by atoms with Crippen LogP contribution in [0.2, 0.25) is 0 Å². The molecule has 4 aromatic rings. The van der Waals surface area contributed by atoms with E-state index in [4.69, 9.17) is 13.9 Å². The molecule has 1 saturated heterocycles. The second kappa shape index (κ2) is 8.87. The molecule has 1 atom stereocenters. The van der Waals surface area contributed by atoms with Gasteiger partial charge in [-0.25, -0.2) is 9.78 Å². The van der Waals surface area contributed by atoms with Crippen molar-refractivity contribution in [3.05, 3.63) is 65.5 Å². The van der Waals surface area contributed by atoms with E-state index in [2.05, 4.69) is 9.88 Å². The molecule has 0 radical (unpaired) electrons. The first-order chi connectivity index (χ1) is 17.1. The van der Waals surface area contributed by atoms with Crippen molar-refractivity contribution in [2.75, 3.05) is 32.9 Å². The lowest BCUT2D eigenvalue weighted by atomic mass is 9.89. The summed E-state index contributed by atoms with van der Waals surface area (Å²) in [5.74, 6) is 0.0490. The molecule has 1 unspecified atom stereocenters. The summed E-state index contributed by atoms with van der Waals surface area (Å²) in [5, 5.41) is 23.3. The number of aromatic carboxylic acids is 1. The van der Waals surface area contributed by atoms with Gasteiger partial charge in [0.2, 0.25) is 5.88 Å². The number of aromatic hydroxyl groups is 1. The number of benzene rings is 2. The Hall–Kier alpha value is -3.62. The first-order valence-electron chi connectivity index (χ1n) is 11.9. The molecule has 180 valence electrons. The number of carboxylic acids is 1. The number of ether oxygens (including phenoxy) is 2. The van der Waals surface area contributed by atoms with E-state index in [-0.39, 0.29) is 11.3 Å². The van der Waals surface area contributed by atoms with Crippen molar-refractivity contribution in [1.82, 2.24) is 9.88 Å². The first-order valence-corrected chi connectivity index (χ1v) is 11.9.